The monoisotopic (exact) mass is 193 g/mol. The molecular formula is C9H12N3P. The first kappa shape index (κ1) is 8.52. The molecule has 1 aromatic carbocycles. The molecule has 0 aliphatic rings. The number of rotatable bonds is 1. The van der Waals surface area contributed by atoms with Gasteiger partial charge in [0.2, 0.25) is 0 Å². The molecule has 4 heteroatoms. The number of anilines is 1. The molecule has 3 nitrogen and oxygen atoms in total. The van der Waals surface area contributed by atoms with Crippen LogP contribution in [-0.2, 0) is 0 Å². The maximum atomic E-state index is 4.19. The molecule has 0 amide bonds. The molecule has 0 bridgehead atoms. The Bertz CT molecular complexity index is 447. The van der Waals surface area contributed by atoms with E-state index in [0.717, 1.165) is 16.9 Å². The second-order valence-electron chi connectivity index (χ2n) is 3.02. The fraction of sp³-hybridized carbons (Fsp3) is 0.222. The summed E-state index contributed by atoms with van der Waals surface area (Å²) < 4.78 is 0. The van der Waals surface area contributed by atoms with Crippen molar-refractivity contribution in [1.29, 1.82) is 0 Å². The minimum absolute atomic E-state index is 1.01. The third-order valence-electron chi connectivity index (χ3n) is 2.18. The van der Waals surface area contributed by atoms with Crippen LogP contribution in [0.25, 0.3) is 10.9 Å². The number of nitrogens with one attached hydrogen (secondary N) is 2. The van der Waals surface area contributed by atoms with E-state index in [-0.39, 0.29) is 0 Å². The zero-order chi connectivity index (χ0) is 9.42. The van der Waals surface area contributed by atoms with Crippen molar-refractivity contribution >= 4 is 31.1 Å². The van der Waals surface area contributed by atoms with Gasteiger partial charge in [-0.15, -0.1) is 9.24 Å². The molecule has 1 unspecified atom stereocenters. The lowest BCUT2D eigenvalue weighted by atomic mass is 10.2. The van der Waals surface area contributed by atoms with E-state index >= 15 is 0 Å². The highest BCUT2D eigenvalue weighted by Crippen LogP contribution is 2.23. The molecule has 0 fully saturated rings. The van der Waals surface area contributed by atoms with Gasteiger partial charge in [-0.1, -0.05) is 6.07 Å². The quantitative estimate of drug-likeness (QED) is 0.672. The van der Waals surface area contributed by atoms with Crippen molar-refractivity contribution < 1.29 is 0 Å². The predicted octanol–water partition coefficient (Wildman–Crippen LogP) is 1.41. The lowest BCUT2D eigenvalue weighted by Gasteiger charge is -2.05. The van der Waals surface area contributed by atoms with Gasteiger partial charge < -0.3 is 5.32 Å². The third-order valence-corrected chi connectivity index (χ3v) is 2.67. The first-order valence-corrected chi connectivity index (χ1v) is 4.72. The number of aromatic nitrogens is 2. The van der Waals surface area contributed by atoms with Crippen molar-refractivity contribution in [2.45, 2.75) is 6.92 Å². The molecule has 0 radical (unpaired) electrons. The molecule has 0 spiro atoms. The van der Waals surface area contributed by atoms with Crippen molar-refractivity contribution in [2.75, 3.05) is 12.4 Å². The van der Waals surface area contributed by atoms with Crippen LogP contribution in [0.5, 0.6) is 0 Å². The fourth-order valence-electron chi connectivity index (χ4n) is 1.55. The standard InChI is InChI=1S/C9H12N3P/c1-5-8-6(12-11-5)3-4-7(13)9(8)10-2/h3-4,10H,13H2,1-2H3,(H,11,12). The highest BCUT2D eigenvalue weighted by atomic mass is 31.0. The molecule has 0 aliphatic heterocycles. The Balaban J connectivity index is 2.88. The van der Waals surface area contributed by atoms with E-state index < -0.39 is 0 Å². The number of H-pyrrole nitrogens is 1. The van der Waals surface area contributed by atoms with Gasteiger partial charge in [-0.05, 0) is 18.3 Å². The van der Waals surface area contributed by atoms with Crippen LogP contribution in [0, 0.1) is 6.92 Å². The molecule has 1 aromatic heterocycles. The Morgan fingerprint density at radius 3 is 2.92 bits per heavy atom. The summed E-state index contributed by atoms with van der Waals surface area (Å²) in [6.07, 6.45) is 0. The van der Waals surface area contributed by atoms with Crippen molar-refractivity contribution in [3.63, 3.8) is 0 Å². The summed E-state index contributed by atoms with van der Waals surface area (Å²) in [5.41, 5.74) is 3.24. The number of aryl methyl sites for hydroxylation is 1. The summed E-state index contributed by atoms with van der Waals surface area (Å²) in [5, 5.41) is 12.7. The van der Waals surface area contributed by atoms with E-state index in [1.807, 2.05) is 26.1 Å². The third kappa shape index (κ3) is 1.20. The van der Waals surface area contributed by atoms with E-state index in [4.69, 9.17) is 0 Å². The van der Waals surface area contributed by atoms with Gasteiger partial charge in [0.1, 0.15) is 0 Å². The second kappa shape index (κ2) is 3.00. The number of aromatic amines is 1. The Hall–Kier alpha value is -1.08. The van der Waals surface area contributed by atoms with Crippen LogP contribution in [-0.4, -0.2) is 17.2 Å². The highest BCUT2D eigenvalue weighted by Gasteiger charge is 2.07. The van der Waals surface area contributed by atoms with Crippen molar-refractivity contribution in [3.8, 4) is 0 Å². The van der Waals surface area contributed by atoms with Crippen molar-refractivity contribution in [1.82, 2.24) is 10.2 Å². The SMILES string of the molecule is CNc1c(P)ccc2n[nH]c(C)c12. The van der Waals surface area contributed by atoms with Gasteiger partial charge in [-0.3, -0.25) is 5.10 Å². The Morgan fingerprint density at radius 1 is 1.46 bits per heavy atom. The summed E-state index contributed by atoms with van der Waals surface area (Å²) in [6.45, 7) is 2.03. The van der Waals surface area contributed by atoms with Crippen LogP contribution in [0.3, 0.4) is 0 Å². The van der Waals surface area contributed by atoms with Gasteiger partial charge in [0.05, 0.1) is 11.2 Å². The molecular weight excluding hydrogens is 181 g/mol. The Kier molecular flexibility index (Phi) is 1.97. The molecule has 13 heavy (non-hydrogen) atoms. The van der Waals surface area contributed by atoms with Gasteiger partial charge in [-0.25, -0.2) is 0 Å². The number of benzene rings is 1. The van der Waals surface area contributed by atoms with Crippen LogP contribution in [0.4, 0.5) is 5.69 Å². The Labute approximate surface area is 79.1 Å². The zero-order valence-electron chi connectivity index (χ0n) is 7.68. The summed E-state index contributed by atoms with van der Waals surface area (Å²) in [7, 11) is 4.64. The highest BCUT2D eigenvalue weighted by molar-refractivity contribution is 7.28. The fourth-order valence-corrected chi connectivity index (χ4v) is 1.93. The van der Waals surface area contributed by atoms with Crippen molar-refractivity contribution in [3.05, 3.63) is 17.8 Å². The average Bonchev–Trinajstić information content (AvgIpc) is 2.49. The van der Waals surface area contributed by atoms with Crippen LogP contribution in [0.2, 0.25) is 0 Å². The largest absolute Gasteiger partial charge is 0.387 e. The van der Waals surface area contributed by atoms with Gasteiger partial charge in [0.25, 0.3) is 0 Å². The average molecular weight is 193 g/mol. The maximum absolute atomic E-state index is 4.19. The zero-order valence-corrected chi connectivity index (χ0v) is 8.83. The van der Waals surface area contributed by atoms with Gasteiger partial charge in [0.15, 0.2) is 0 Å². The van der Waals surface area contributed by atoms with Crippen LogP contribution < -0.4 is 10.6 Å². The Morgan fingerprint density at radius 2 is 2.23 bits per heavy atom. The van der Waals surface area contributed by atoms with E-state index in [2.05, 4.69) is 24.8 Å². The first-order valence-electron chi connectivity index (χ1n) is 4.15. The number of hydrogen-bond donors (Lipinski definition) is 2. The van der Waals surface area contributed by atoms with Crippen LogP contribution in [0.15, 0.2) is 12.1 Å². The smallest absolute Gasteiger partial charge is 0.0944 e. The lowest BCUT2D eigenvalue weighted by Crippen LogP contribution is -2.02. The number of fused-ring (bicyclic) bond motifs is 1. The van der Waals surface area contributed by atoms with E-state index in [1.165, 1.54) is 10.7 Å². The molecule has 0 saturated carbocycles. The van der Waals surface area contributed by atoms with Crippen molar-refractivity contribution in [2.24, 2.45) is 0 Å². The first-order chi connectivity index (χ1) is 6.24. The van der Waals surface area contributed by atoms with E-state index in [1.54, 1.807) is 0 Å². The van der Waals surface area contributed by atoms with E-state index in [0.29, 0.717) is 0 Å². The van der Waals surface area contributed by atoms with Gasteiger partial charge >= 0.3 is 0 Å². The summed E-state index contributed by atoms with van der Waals surface area (Å²) in [4.78, 5) is 0. The summed E-state index contributed by atoms with van der Waals surface area (Å²) in [6, 6.07) is 4.06. The lowest BCUT2D eigenvalue weighted by molar-refractivity contribution is 1.07. The minimum atomic E-state index is 1.01. The maximum Gasteiger partial charge on any atom is 0.0944 e. The second-order valence-corrected chi connectivity index (χ2v) is 3.64. The van der Waals surface area contributed by atoms with Crippen LogP contribution in [0.1, 0.15) is 5.69 Å². The molecule has 1 atom stereocenters. The van der Waals surface area contributed by atoms with E-state index in [9.17, 15) is 0 Å². The summed E-state index contributed by atoms with van der Waals surface area (Å²) in [5.74, 6) is 0. The number of hydrogen-bond acceptors (Lipinski definition) is 2. The number of nitrogens with zero attached hydrogens (tertiary/aromatic N) is 1. The molecule has 1 heterocycles. The topological polar surface area (TPSA) is 40.7 Å². The minimum Gasteiger partial charge on any atom is -0.387 e. The normalized spacial score (nSPS) is 10.7. The van der Waals surface area contributed by atoms with Gasteiger partial charge in [0, 0.05) is 18.1 Å². The molecule has 0 saturated heterocycles. The molecule has 2 rings (SSSR count). The molecule has 2 N–H and O–H groups in total. The van der Waals surface area contributed by atoms with Crippen LogP contribution >= 0.6 is 9.24 Å². The van der Waals surface area contributed by atoms with Gasteiger partial charge in [-0.2, -0.15) is 5.10 Å². The molecule has 2 aromatic rings. The predicted molar refractivity (Wildman–Crippen MR) is 59.7 cm³/mol. The molecule has 68 valence electrons. The summed E-state index contributed by atoms with van der Waals surface area (Å²) >= 11 is 0. The molecule has 0 aliphatic carbocycles.